The number of halogens is 1. The molecule has 3 nitrogen and oxygen atoms in total. The number of aromatic amines is 1. The average molecular weight is 231 g/mol. The standard InChI is InChI=1S/C13H14FN3/c14-11-5-6-13(11)16-10-3-1-9(2-4-10)12-7-8-15-17-12/h1-4,7-8,11,13,16H,5-6H2,(H,15,17). The predicted octanol–water partition coefficient (Wildman–Crippen LogP) is 2.99. The van der Waals surface area contributed by atoms with Crippen LogP contribution >= 0.6 is 0 Å². The van der Waals surface area contributed by atoms with E-state index in [0.717, 1.165) is 23.4 Å². The van der Waals surface area contributed by atoms with Gasteiger partial charge in [-0.3, -0.25) is 5.10 Å². The molecule has 1 saturated carbocycles. The Morgan fingerprint density at radius 2 is 2.00 bits per heavy atom. The third kappa shape index (κ3) is 2.02. The Kier molecular flexibility index (Phi) is 2.55. The van der Waals surface area contributed by atoms with Crippen LogP contribution in [0.4, 0.5) is 10.1 Å². The Hall–Kier alpha value is -1.84. The molecule has 3 rings (SSSR count). The van der Waals surface area contributed by atoms with Crippen molar-refractivity contribution in [3.8, 4) is 11.3 Å². The fraction of sp³-hybridized carbons (Fsp3) is 0.308. The Bertz CT molecular complexity index is 478. The van der Waals surface area contributed by atoms with Crippen LogP contribution in [0.2, 0.25) is 0 Å². The van der Waals surface area contributed by atoms with Gasteiger partial charge >= 0.3 is 0 Å². The lowest BCUT2D eigenvalue weighted by molar-refractivity contribution is 0.186. The van der Waals surface area contributed by atoms with E-state index in [-0.39, 0.29) is 6.04 Å². The van der Waals surface area contributed by atoms with E-state index in [1.807, 2.05) is 30.3 Å². The number of alkyl halides is 1. The minimum Gasteiger partial charge on any atom is -0.379 e. The molecule has 88 valence electrons. The van der Waals surface area contributed by atoms with E-state index in [2.05, 4.69) is 15.5 Å². The highest BCUT2D eigenvalue weighted by Crippen LogP contribution is 2.27. The molecule has 0 aliphatic heterocycles. The molecule has 2 unspecified atom stereocenters. The molecule has 2 atom stereocenters. The van der Waals surface area contributed by atoms with E-state index in [1.54, 1.807) is 6.20 Å². The van der Waals surface area contributed by atoms with Crippen molar-refractivity contribution >= 4 is 5.69 Å². The highest BCUT2D eigenvalue weighted by atomic mass is 19.1. The van der Waals surface area contributed by atoms with Crippen LogP contribution in [-0.2, 0) is 0 Å². The predicted molar refractivity (Wildman–Crippen MR) is 65.6 cm³/mol. The van der Waals surface area contributed by atoms with Gasteiger partial charge in [0.25, 0.3) is 0 Å². The van der Waals surface area contributed by atoms with Crippen LogP contribution in [0.3, 0.4) is 0 Å². The molecular weight excluding hydrogens is 217 g/mol. The van der Waals surface area contributed by atoms with Crippen molar-refractivity contribution in [1.29, 1.82) is 0 Å². The molecule has 1 aromatic heterocycles. The fourth-order valence-electron chi connectivity index (χ4n) is 2.00. The maximum atomic E-state index is 13.1. The molecule has 1 aliphatic carbocycles. The summed E-state index contributed by atoms with van der Waals surface area (Å²) in [6.07, 6.45) is 2.64. The van der Waals surface area contributed by atoms with Crippen molar-refractivity contribution in [2.45, 2.75) is 25.1 Å². The number of aromatic nitrogens is 2. The van der Waals surface area contributed by atoms with Crippen molar-refractivity contribution in [2.75, 3.05) is 5.32 Å². The van der Waals surface area contributed by atoms with Gasteiger partial charge in [-0.25, -0.2) is 4.39 Å². The first kappa shape index (κ1) is 10.3. The van der Waals surface area contributed by atoms with E-state index < -0.39 is 6.17 Å². The van der Waals surface area contributed by atoms with Crippen LogP contribution in [0, 0.1) is 0 Å². The van der Waals surface area contributed by atoms with Crippen molar-refractivity contribution in [1.82, 2.24) is 10.2 Å². The SMILES string of the molecule is FC1CCC1Nc1ccc(-c2ccn[nH]2)cc1. The summed E-state index contributed by atoms with van der Waals surface area (Å²) >= 11 is 0. The second-order valence-corrected chi connectivity index (χ2v) is 4.39. The molecule has 2 N–H and O–H groups in total. The molecule has 4 heteroatoms. The number of nitrogens with zero attached hydrogens (tertiary/aromatic N) is 1. The van der Waals surface area contributed by atoms with Crippen LogP contribution in [0.15, 0.2) is 36.5 Å². The quantitative estimate of drug-likeness (QED) is 0.852. The van der Waals surface area contributed by atoms with Gasteiger partial charge in [0.15, 0.2) is 0 Å². The summed E-state index contributed by atoms with van der Waals surface area (Å²) in [6.45, 7) is 0. The lowest BCUT2D eigenvalue weighted by atomic mass is 9.90. The van der Waals surface area contributed by atoms with E-state index in [1.165, 1.54) is 0 Å². The first-order valence-electron chi connectivity index (χ1n) is 5.83. The fourth-order valence-corrected chi connectivity index (χ4v) is 2.00. The van der Waals surface area contributed by atoms with E-state index >= 15 is 0 Å². The zero-order chi connectivity index (χ0) is 11.7. The summed E-state index contributed by atoms with van der Waals surface area (Å²) in [5, 5.41) is 10.0. The third-order valence-corrected chi connectivity index (χ3v) is 3.24. The summed E-state index contributed by atoms with van der Waals surface area (Å²) < 4.78 is 13.1. The van der Waals surface area contributed by atoms with Gasteiger partial charge in [0.05, 0.1) is 11.7 Å². The lowest BCUT2D eigenvalue weighted by Crippen LogP contribution is -2.39. The van der Waals surface area contributed by atoms with Crippen LogP contribution < -0.4 is 5.32 Å². The molecule has 0 amide bonds. The second kappa shape index (κ2) is 4.20. The summed E-state index contributed by atoms with van der Waals surface area (Å²) in [5.41, 5.74) is 3.04. The summed E-state index contributed by atoms with van der Waals surface area (Å²) in [5.74, 6) is 0. The summed E-state index contributed by atoms with van der Waals surface area (Å²) in [6, 6.07) is 9.87. The molecule has 0 bridgehead atoms. The number of benzene rings is 1. The number of rotatable bonds is 3. The minimum atomic E-state index is -0.692. The Morgan fingerprint density at radius 3 is 2.53 bits per heavy atom. The molecule has 0 spiro atoms. The summed E-state index contributed by atoms with van der Waals surface area (Å²) in [4.78, 5) is 0. The number of hydrogen-bond donors (Lipinski definition) is 2. The molecule has 1 fully saturated rings. The lowest BCUT2D eigenvalue weighted by Gasteiger charge is -2.31. The first-order valence-corrected chi connectivity index (χ1v) is 5.83. The summed E-state index contributed by atoms with van der Waals surface area (Å²) in [7, 11) is 0. The van der Waals surface area contributed by atoms with Gasteiger partial charge in [0, 0.05) is 11.9 Å². The zero-order valence-electron chi connectivity index (χ0n) is 9.36. The van der Waals surface area contributed by atoms with Gasteiger partial charge in [-0.05, 0) is 36.6 Å². The maximum Gasteiger partial charge on any atom is 0.120 e. The smallest absolute Gasteiger partial charge is 0.120 e. The first-order chi connectivity index (χ1) is 8.33. The van der Waals surface area contributed by atoms with Crippen molar-refractivity contribution < 1.29 is 4.39 Å². The van der Waals surface area contributed by atoms with Gasteiger partial charge in [-0.15, -0.1) is 0 Å². The average Bonchev–Trinajstić information content (AvgIpc) is 2.89. The molecule has 0 radical (unpaired) electrons. The van der Waals surface area contributed by atoms with Crippen molar-refractivity contribution in [3.63, 3.8) is 0 Å². The minimum absolute atomic E-state index is 0.00648. The van der Waals surface area contributed by atoms with Crippen LogP contribution in [0.5, 0.6) is 0 Å². The van der Waals surface area contributed by atoms with Gasteiger partial charge in [0.1, 0.15) is 6.17 Å². The van der Waals surface area contributed by atoms with E-state index in [9.17, 15) is 4.39 Å². The maximum absolute atomic E-state index is 13.1. The Balaban J connectivity index is 1.72. The van der Waals surface area contributed by atoms with Gasteiger partial charge in [-0.2, -0.15) is 5.10 Å². The third-order valence-electron chi connectivity index (χ3n) is 3.24. The molecule has 1 heterocycles. The molecule has 1 aliphatic rings. The van der Waals surface area contributed by atoms with Crippen molar-refractivity contribution in [3.05, 3.63) is 36.5 Å². The second-order valence-electron chi connectivity index (χ2n) is 4.39. The van der Waals surface area contributed by atoms with Gasteiger partial charge in [-0.1, -0.05) is 12.1 Å². The van der Waals surface area contributed by atoms with Gasteiger partial charge < -0.3 is 5.32 Å². The zero-order valence-corrected chi connectivity index (χ0v) is 9.36. The topological polar surface area (TPSA) is 40.7 Å². The Morgan fingerprint density at radius 1 is 1.18 bits per heavy atom. The largest absolute Gasteiger partial charge is 0.379 e. The Labute approximate surface area is 99.1 Å². The molecule has 0 saturated heterocycles. The molecule has 17 heavy (non-hydrogen) atoms. The van der Waals surface area contributed by atoms with Crippen LogP contribution in [0.25, 0.3) is 11.3 Å². The van der Waals surface area contributed by atoms with Crippen LogP contribution in [0.1, 0.15) is 12.8 Å². The highest BCUT2D eigenvalue weighted by Gasteiger charge is 2.30. The number of hydrogen-bond acceptors (Lipinski definition) is 2. The van der Waals surface area contributed by atoms with E-state index in [0.29, 0.717) is 6.42 Å². The van der Waals surface area contributed by atoms with E-state index in [4.69, 9.17) is 0 Å². The molecule has 2 aromatic rings. The van der Waals surface area contributed by atoms with Crippen molar-refractivity contribution in [2.24, 2.45) is 0 Å². The van der Waals surface area contributed by atoms with Gasteiger partial charge in [0.2, 0.25) is 0 Å². The number of H-pyrrole nitrogens is 1. The molecule has 1 aromatic carbocycles. The normalized spacial score (nSPS) is 23.1. The highest BCUT2D eigenvalue weighted by molar-refractivity contribution is 5.62. The monoisotopic (exact) mass is 231 g/mol. The molecular formula is C13H14FN3. The van der Waals surface area contributed by atoms with Crippen LogP contribution in [-0.4, -0.2) is 22.4 Å². The number of nitrogens with one attached hydrogen (secondary N) is 2. The number of anilines is 1.